The lowest BCUT2D eigenvalue weighted by atomic mass is 9.87. The Hall–Kier alpha value is -1.23. The number of halogens is 3. The maximum atomic E-state index is 13.1. The Balaban J connectivity index is 2.11. The van der Waals surface area contributed by atoms with Gasteiger partial charge in [0.05, 0.1) is 5.92 Å². The van der Waals surface area contributed by atoms with Gasteiger partial charge >= 0.3 is 6.18 Å². The number of nitrogens with zero attached hydrogens (tertiary/aromatic N) is 1. The molecule has 3 rings (SSSR count). The van der Waals surface area contributed by atoms with Crippen LogP contribution in [0.2, 0.25) is 0 Å². The third kappa shape index (κ3) is 1.86. The Bertz CT molecular complexity index is 456. The number of hydrogen-bond acceptors (Lipinski definition) is 2. The fourth-order valence-electron chi connectivity index (χ4n) is 2.97. The Morgan fingerprint density at radius 3 is 2.83 bits per heavy atom. The number of nitrogens with one attached hydrogen (secondary N) is 1. The van der Waals surface area contributed by atoms with Crippen molar-refractivity contribution in [2.24, 2.45) is 0 Å². The predicted molar refractivity (Wildman–Crippen MR) is 63.8 cm³/mol. The molecule has 1 aromatic carbocycles. The quantitative estimate of drug-likeness (QED) is 0.767. The number of hydrogen-bond donors (Lipinski definition) is 1. The van der Waals surface area contributed by atoms with Crippen LogP contribution >= 0.6 is 0 Å². The Morgan fingerprint density at radius 2 is 2.06 bits per heavy atom. The maximum absolute atomic E-state index is 13.1. The second-order valence-electron chi connectivity index (χ2n) is 4.90. The normalized spacial score (nSPS) is 23.5. The fraction of sp³-hybridized carbons (Fsp3) is 0.538. The predicted octanol–water partition coefficient (Wildman–Crippen LogP) is 2.65. The van der Waals surface area contributed by atoms with E-state index in [0.717, 1.165) is 24.3 Å². The van der Waals surface area contributed by atoms with Gasteiger partial charge in [-0.05, 0) is 17.5 Å². The summed E-state index contributed by atoms with van der Waals surface area (Å²) in [6, 6.07) is 5.29. The van der Waals surface area contributed by atoms with Crippen molar-refractivity contribution in [1.82, 2.24) is 5.32 Å². The zero-order chi connectivity index (χ0) is 12.8. The summed E-state index contributed by atoms with van der Waals surface area (Å²) in [5, 5.41) is 3.25. The minimum atomic E-state index is -4.14. The molecule has 0 aliphatic carbocycles. The van der Waals surface area contributed by atoms with Gasteiger partial charge in [0.2, 0.25) is 0 Å². The van der Waals surface area contributed by atoms with Gasteiger partial charge in [0.25, 0.3) is 0 Å². The van der Waals surface area contributed by atoms with Crippen molar-refractivity contribution in [3.8, 4) is 0 Å². The molecule has 18 heavy (non-hydrogen) atoms. The first-order chi connectivity index (χ1) is 8.57. The molecule has 0 saturated heterocycles. The molecular weight excluding hydrogens is 241 g/mol. The molecule has 2 nitrogen and oxygen atoms in total. The van der Waals surface area contributed by atoms with Crippen molar-refractivity contribution in [3.05, 3.63) is 29.3 Å². The molecule has 0 bridgehead atoms. The zero-order valence-electron chi connectivity index (χ0n) is 9.93. The van der Waals surface area contributed by atoms with Crippen LogP contribution < -0.4 is 10.2 Å². The first-order valence-electron chi connectivity index (χ1n) is 6.21. The molecule has 0 fully saturated rings. The molecule has 5 heteroatoms. The van der Waals surface area contributed by atoms with Gasteiger partial charge in [-0.15, -0.1) is 0 Å². The molecule has 1 atom stereocenters. The summed E-state index contributed by atoms with van der Waals surface area (Å²) in [6.07, 6.45) is -3.97. The van der Waals surface area contributed by atoms with Crippen molar-refractivity contribution in [2.75, 3.05) is 24.5 Å². The van der Waals surface area contributed by atoms with E-state index < -0.39 is 12.1 Å². The summed E-state index contributed by atoms with van der Waals surface area (Å²) in [5.74, 6) is -1.30. The van der Waals surface area contributed by atoms with Crippen molar-refractivity contribution < 1.29 is 13.2 Å². The van der Waals surface area contributed by atoms with Gasteiger partial charge in [-0.3, -0.25) is 0 Å². The Kier molecular flexibility index (Phi) is 2.73. The number of alkyl halides is 3. The molecule has 0 aromatic heterocycles. The summed E-state index contributed by atoms with van der Waals surface area (Å²) in [4.78, 5) is 2.09. The average Bonchev–Trinajstić information content (AvgIpc) is 2.52. The van der Waals surface area contributed by atoms with Crippen LogP contribution in [0.3, 0.4) is 0 Å². The number of rotatable bonds is 0. The van der Waals surface area contributed by atoms with Gasteiger partial charge in [0, 0.05) is 31.9 Å². The van der Waals surface area contributed by atoms with Crippen LogP contribution in [0.1, 0.15) is 23.5 Å². The minimum Gasteiger partial charge on any atom is -0.370 e. The molecule has 2 aliphatic heterocycles. The summed E-state index contributed by atoms with van der Waals surface area (Å²) in [7, 11) is 0. The fourth-order valence-corrected chi connectivity index (χ4v) is 2.97. The van der Waals surface area contributed by atoms with E-state index in [4.69, 9.17) is 0 Å². The van der Waals surface area contributed by atoms with Gasteiger partial charge in [-0.1, -0.05) is 18.2 Å². The van der Waals surface area contributed by atoms with E-state index in [-0.39, 0.29) is 6.42 Å². The first-order valence-corrected chi connectivity index (χ1v) is 6.21. The van der Waals surface area contributed by atoms with E-state index in [1.807, 2.05) is 6.07 Å². The van der Waals surface area contributed by atoms with Crippen LogP contribution in [0.5, 0.6) is 0 Å². The summed E-state index contributed by atoms with van der Waals surface area (Å²) >= 11 is 0. The third-order valence-electron chi connectivity index (χ3n) is 3.80. The van der Waals surface area contributed by atoms with Gasteiger partial charge in [-0.2, -0.15) is 13.2 Å². The van der Waals surface area contributed by atoms with Gasteiger partial charge in [-0.25, -0.2) is 0 Å². The van der Waals surface area contributed by atoms with E-state index in [0.29, 0.717) is 18.7 Å². The van der Waals surface area contributed by atoms with Crippen LogP contribution in [0.25, 0.3) is 0 Å². The summed E-state index contributed by atoms with van der Waals surface area (Å²) in [6.45, 7) is 2.76. The molecule has 98 valence electrons. The number of para-hydroxylation sites is 1. The molecule has 0 spiro atoms. The van der Waals surface area contributed by atoms with Gasteiger partial charge in [0.1, 0.15) is 0 Å². The molecule has 1 aromatic rings. The highest BCUT2D eigenvalue weighted by molar-refractivity contribution is 5.63. The Labute approximate surface area is 104 Å². The van der Waals surface area contributed by atoms with Crippen LogP contribution in [0.4, 0.5) is 18.9 Å². The standard InChI is InChI=1S/C13H15F3N2/c14-13(15,16)11-4-6-18-7-5-17-8-9-2-1-3-10(11)12(9)18/h1-3,11,17H,4-8H2/t11-/m0/s1. The van der Waals surface area contributed by atoms with Crippen LogP contribution in [0, 0.1) is 0 Å². The molecule has 0 amide bonds. The largest absolute Gasteiger partial charge is 0.395 e. The summed E-state index contributed by atoms with van der Waals surface area (Å²) in [5.41, 5.74) is 2.25. The monoisotopic (exact) mass is 256 g/mol. The second-order valence-corrected chi connectivity index (χ2v) is 4.90. The van der Waals surface area contributed by atoms with Crippen molar-refractivity contribution >= 4 is 5.69 Å². The summed E-state index contributed by atoms with van der Waals surface area (Å²) < 4.78 is 39.2. The van der Waals surface area contributed by atoms with E-state index in [1.165, 1.54) is 0 Å². The highest BCUT2D eigenvalue weighted by atomic mass is 19.4. The van der Waals surface area contributed by atoms with Crippen molar-refractivity contribution in [2.45, 2.75) is 25.1 Å². The molecule has 1 N–H and O–H groups in total. The van der Waals surface area contributed by atoms with E-state index >= 15 is 0 Å². The second kappa shape index (κ2) is 4.16. The lowest BCUT2D eigenvalue weighted by Crippen LogP contribution is -2.37. The van der Waals surface area contributed by atoms with Crippen LogP contribution in [-0.4, -0.2) is 25.8 Å². The molecule has 0 unspecified atom stereocenters. The molecule has 0 saturated carbocycles. The van der Waals surface area contributed by atoms with E-state index in [9.17, 15) is 13.2 Å². The van der Waals surface area contributed by atoms with E-state index in [1.54, 1.807) is 12.1 Å². The number of anilines is 1. The molecular formula is C13H15F3N2. The SMILES string of the molecule is FC(F)(F)[C@H]1CCN2CCNCc3cccc1c32. The number of benzene rings is 1. The Morgan fingerprint density at radius 1 is 1.22 bits per heavy atom. The maximum Gasteiger partial charge on any atom is 0.395 e. The average molecular weight is 256 g/mol. The van der Waals surface area contributed by atoms with Gasteiger partial charge in [0.15, 0.2) is 0 Å². The topological polar surface area (TPSA) is 15.3 Å². The van der Waals surface area contributed by atoms with Crippen LogP contribution in [0.15, 0.2) is 18.2 Å². The molecule has 2 aliphatic rings. The molecule has 2 heterocycles. The first kappa shape index (κ1) is 11.8. The third-order valence-corrected chi connectivity index (χ3v) is 3.80. The minimum absolute atomic E-state index is 0.167. The lowest BCUT2D eigenvalue weighted by molar-refractivity contribution is -0.152. The van der Waals surface area contributed by atoms with Crippen molar-refractivity contribution in [3.63, 3.8) is 0 Å². The zero-order valence-corrected chi connectivity index (χ0v) is 9.93. The lowest BCUT2D eigenvalue weighted by Gasteiger charge is -2.36. The smallest absolute Gasteiger partial charge is 0.370 e. The highest BCUT2D eigenvalue weighted by Gasteiger charge is 2.44. The van der Waals surface area contributed by atoms with Crippen molar-refractivity contribution in [1.29, 1.82) is 0 Å². The molecule has 0 radical (unpaired) electrons. The highest BCUT2D eigenvalue weighted by Crippen LogP contribution is 2.46. The van der Waals surface area contributed by atoms with Crippen LogP contribution in [-0.2, 0) is 6.54 Å². The van der Waals surface area contributed by atoms with Gasteiger partial charge < -0.3 is 10.2 Å². The van der Waals surface area contributed by atoms with E-state index in [2.05, 4.69) is 10.2 Å².